The Bertz CT molecular complexity index is 567. The zero-order chi connectivity index (χ0) is 17.3. The van der Waals surface area contributed by atoms with Crippen molar-refractivity contribution in [3.05, 3.63) is 34.9 Å². The second-order valence-electron chi connectivity index (χ2n) is 5.87. The smallest absolute Gasteiger partial charge is 0.294 e. The lowest BCUT2D eigenvalue weighted by Gasteiger charge is -2.16. The third kappa shape index (κ3) is 4.48. The topological polar surface area (TPSA) is 17.1 Å². The summed E-state index contributed by atoms with van der Waals surface area (Å²) in [6, 6.07) is 1.02. The molecule has 0 amide bonds. The second-order valence-corrected chi connectivity index (χ2v) is 5.87. The fourth-order valence-electron chi connectivity index (χ4n) is 2.97. The van der Waals surface area contributed by atoms with Crippen LogP contribution >= 0.6 is 0 Å². The molecule has 0 N–H and O–H groups in total. The summed E-state index contributed by atoms with van der Waals surface area (Å²) in [4.78, 5) is 12.1. The number of carbonyl (C=O) groups excluding carboxylic acids is 1. The van der Waals surface area contributed by atoms with Gasteiger partial charge in [0.2, 0.25) is 0 Å². The molecule has 0 unspecified atom stereocenters. The molecule has 0 aliphatic heterocycles. The minimum absolute atomic E-state index is 0.158. The molecule has 0 saturated heterocycles. The zero-order valence-electron chi connectivity index (χ0n) is 12.2. The molecule has 0 spiro atoms. The van der Waals surface area contributed by atoms with Crippen LogP contribution in [0.15, 0.2) is 18.2 Å². The first-order valence-electron chi connectivity index (χ1n) is 7.40. The Morgan fingerprint density at radius 2 is 1.61 bits per heavy atom. The van der Waals surface area contributed by atoms with Crippen molar-refractivity contribution in [2.75, 3.05) is 0 Å². The van der Waals surface area contributed by atoms with Crippen molar-refractivity contribution in [3.63, 3.8) is 0 Å². The van der Waals surface area contributed by atoms with Crippen LogP contribution in [0.2, 0.25) is 0 Å². The van der Waals surface area contributed by atoms with Gasteiger partial charge in [-0.1, -0.05) is 25.7 Å². The number of hydrogen-bond donors (Lipinski definition) is 0. The monoisotopic (exact) mass is 338 g/mol. The molecule has 1 fully saturated rings. The van der Waals surface area contributed by atoms with Gasteiger partial charge in [-0.3, -0.25) is 4.79 Å². The zero-order valence-corrected chi connectivity index (χ0v) is 12.2. The van der Waals surface area contributed by atoms with E-state index < -0.39 is 34.8 Å². The minimum atomic E-state index is -4.86. The van der Waals surface area contributed by atoms with E-state index in [0.29, 0.717) is 24.6 Å². The molecule has 0 heterocycles. The lowest BCUT2D eigenvalue weighted by molar-refractivity contribution is -0.141. The van der Waals surface area contributed by atoms with Crippen molar-refractivity contribution in [2.24, 2.45) is 5.92 Å². The van der Waals surface area contributed by atoms with Crippen molar-refractivity contribution in [1.29, 1.82) is 0 Å². The van der Waals surface area contributed by atoms with Crippen LogP contribution in [0.4, 0.5) is 26.3 Å². The average molecular weight is 338 g/mol. The predicted octanol–water partition coefficient (Wildman–Crippen LogP) is 5.88. The molecule has 7 heteroatoms. The van der Waals surface area contributed by atoms with Gasteiger partial charge in [0, 0.05) is 12.0 Å². The molecular weight excluding hydrogens is 322 g/mol. The number of hydrogen-bond acceptors (Lipinski definition) is 1. The quantitative estimate of drug-likeness (QED) is 0.495. The minimum Gasteiger partial charge on any atom is -0.294 e. The number of halogens is 6. The van der Waals surface area contributed by atoms with Crippen LogP contribution in [0.25, 0.3) is 0 Å². The molecule has 2 rings (SSSR count). The van der Waals surface area contributed by atoms with E-state index in [0.717, 1.165) is 25.7 Å². The molecule has 0 atom stereocenters. The molecule has 1 aromatic rings. The van der Waals surface area contributed by atoms with E-state index in [4.69, 9.17) is 0 Å². The van der Waals surface area contributed by atoms with Crippen LogP contribution in [0.3, 0.4) is 0 Å². The highest BCUT2D eigenvalue weighted by molar-refractivity contribution is 5.97. The Hall–Kier alpha value is -1.53. The number of Topliss-reactive ketones (excluding diaryl/α,β-unsaturated/α-hetero) is 1. The summed E-state index contributed by atoms with van der Waals surface area (Å²) in [5.74, 6) is -0.602. The summed E-state index contributed by atoms with van der Waals surface area (Å²) in [7, 11) is 0. The largest absolute Gasteiger partial charge is 0.417 e. The van der Waals surface area contributed by atoms with Gasteiger partial charge in [0.15, 0.2) is 5.78 Å². The molecule has 1 saturated carbocycles. The van der Waals surface area contributed by atoms with Crippen molar-refractivity contribution in [3.8, 4) is 0 Å². The Kier molecular flexibility index (Phi) is 5.06. The Labute approximate surface area is 129 Å². The summed E-state index contributed by atoms with van der Waals surface area (Å²) < 4.78 is 76.9. The highest BCUT2D eigenvalue weighted by Crippen LogP contribution is 2.37. The van der Waals surface area contributed by atoms with Crippen molar-refractivity contribution < 1.29 is 31.1 Å². The number of ketones is 1. The Morgan fingerprint density at radius 3 is 2.13 bits per heavy atom. The summed E-state index contributed by atoms with van der Waals surface area (Å²) in [6.45, 7) is 0. The highest BCUT2D eigenvalue weighted by atomic mass is 19.4. The first kappa shape index (κ1) is 17.8. The maximum Gasteiger partial charge on any atom is 0.417 e. The SMILES string of the molecule is O=C(CCC1CCCC1)c1cc(C(F)(F)F)ccc1C(F)(F)F. The summed E-state index contributed by atoms with van der Waals surface area (Å²) in [5.41, 5.74) is -3.43. The predicted molar refractivity (Wildman–Crippen MR) is 72.0 cm³/mol. The van der Waals surface area contributed by atoms with Crippen LogP contribution in [0.5, 0.6) is 0 Å². The fraction of sp³-hybridized carbons (Fsp3) is 0.562. The van der Waals surface area contributed by atoms with Crippen LogP contribution < -0.4 is 0 Å². The summed E-state index contributed by atoms with van der Waals surface area (Å²) in [6.07, 6.45) is -5.50. The van der Waals surface area contributed by atoms with Crippen LogP contribution in [-0.2, 0) is 12.4 Å². The fourth-order valence-corrected chi connectivity index (χ4v) is 2.97. The maximum absolute atomic E-state index is 12.9. The third-order valence-corrected chi connectivity index (χ3v) is 4.21. The molecule has 1 nitrogen and oxygen atoms in total. The first-order valence-corrected chi connectivity index (χ1v) is 7.40. The Balaban J connectivity index is 2.26. The van der Waals surface area contributed by atoms with Gasteiger partial charge in [0.1, 0.15) is 0 Å². The van der Waals surface area contributed by atoms with Crippen LogP contribution in [0, 0.1) is 5.92 Å². The molecule has 0 bridgehead atoms. The van der Waals surface area contributed by atoms with Crippen molar-refractivity contribution in [1.82, 2.24) is 0 Å². The number of carbonyl (C=O) groups is 1. The van der Waals surface area contributed by atoms with Crippen molar-refractivity contribution >= 4 is 5.78 Å². The second kappa shape index (κ2) is 6.53. The van der Waals surface area contributed by atoms with Gasteiger partial charge in [-0.2, -0.15) is 26.3 Å². The molecule has 0 radical (unpaired) electrons. The first-order chi connectivity index (χ1) is 10.6. The van der Waals surface area contributed by atoms with Gasteiger partial charge in [0.05, 0.1) is 11.1 Å². The van der Waals surface area contributed by atoms with Gasteiger partial charge in [-0.15, -0.1) is 0 Å². The normalized spacial score (nSPS) is 16.8. The van der Waals surface area contributed by atoms with E-state index in [1.165, 1.54) is 0 Å². The van der Waals surface area contributed by atoms with E-state index >= 15 is 0 Å². The lowest BCUT2D eigenvalue weighted by Crippen LogP contribution is -2.16. The van der Waals surface area contributed by atoms with Crippen LogP contribution in [0.1, 0.15) is 60.0 Å². The van der Waals surface area contributed by atoms with Gasteiger partial charge >= 0.3 is 12.4 Å². The molecule has 0 aromatic heterocycles. The lowest BCUT2D eigenvalue weighted by atomic mass is 9.93. The number of benzene rings is 1. The van der Waals surface area contributed by atoms with E-state index in [-0.39, 0.29) is 12.3 Å². The Morgan fingerprint density at radius 1 is 1.00 bits per heavy atom. The van der Waals surface area contributed by atoms with Gasteiger partial charge in [-0.25, -0.2) is 0 Å². The number of alkyl halides is 6. The van der Waals surface area contributed by atoms with E-state index in [2.05, 4.69) is 0 Å². The van der Waals surface area contributed by atoms with Crippen LogP contribution in [-0.4, -0.2) is 5.78 Å². The van der Waals surface area contributed by atoms with E-state index in [1.807, 2.05) is 0 Å². The standard InChI is InChI=1S/C16H16F6O/c17-15(18,19)11-6-7-13(16(20,21)22)12(9-11)14(23)8-5-10-3-1-2-4-10/h6-7,9-10H,1-5,8H2. The average Bonchev–Trinajstić information content (AvgIpc) is 2.95. The van der Waals surface area contributed by atoms with E-state index in [1.54, 1.807) is 0 Å². The van der Waals surface area contributed by atoms with Crippen molar-refractivity contribution in [2.45, 2.75) is 50.9 Å². The molecular formula is C16H16F6O. The maximum atomic E-state index is 12.9. The molecule has 1 aliphatic rings. The van der Waals surface area contributed by atoms with Gasteiger partial charge < -0.3 is 0 Å². The van der Waals surface area contributed by atoms with Gasteiger partial charge in [-0.05, 0) is 30.5 Å². The highest BCUT2D eigenvalue weighted by Gasteiger charge is 2.38. The summed E-state index contributed by atoms with van der Waals surface area (Å²) in [5, 5.41) is 0. The number of rotatable bonds is 4. The van der Waals surface area contributed by atoms with Gasteiger partial charge in [0.25, 0.3) is 0 Å². The summed E-state index contributed by atoms with van der Waals surface area (Å²) >= 11 is 0. The third-order valence-electron chi connectivity index (χ3n) is 4.21. The molecule has 1 aliphatic carbocycles. The molecule has 1 aromatic carbocycles. The van der Waals surface area contributed by atoms with E-state index in [9.17, 15) is 31.1 Å². The molecule has 128 valence electrons. The molecule has 23 heavy (non-hydrogen) atoms.